The number of benzene rings is 1. The largest absolute Gasteiger partial charge is 0.0833 e. The molecular weight excluding hydrogens is 192 g/mol. The van der Waals surface area contributed by atoms with Crippen LogP contribution in [0.25, 0.3) is 11.1 Å². The van der Waals surface area contributed by atoms with E-state index in [1.54, 1.807) is 5.57 Å². The Balaban J connectivity index is 2.06. The van der Waals surface area contributed by atoms with E-state index in [9.17, 15) is 0 Å². The Hall–Kier alpha value is -1.56. The van der Waals surface area contributed by atoms with Crippen molar-refractivity contribution in [2.45, 2.75) is 19.3 Å². The van der Waals surface area contributed by atoms with Crippen molar-refractivity contribution >= 4 is 11.1 Å². The first-order valence-corrected chi connectivity index (χ1v) is 6.16. The fourth-order valence-electron chi connectivity index (χ4n) is 3.39. The molecule has 0 saturated heterocycles. The zero-order chi connectivity index (χ0) is 10.5. The van der Waals surface area contributed by atoms with Crippen molar-refractivity contribution < 1.29 is 0 Å². The lowest BCUT2D eigenvalue weighted by Gasteiger charge is -2.26. The van der Waals surface area contributed by atoms with Crippen LogP contribution in [0.15, 0.2) is 48.1 Å². The molecule has 0 fully saturated rings. The Bertz CT molecular complexity index is 555. The van der Waals surface area contributed by atoms with E-state index in [0.29, 0.717) is 0 Å². The molecule has 0 aliphatic heterocycles. The molecule has 1 aromatic rings. The number of hydrogen-bond donors (Lipinski definition) is 0. The maximum Gasteiger partial charge on any atom is -0.0102 e. The zero-order valence-corrected chi connectivity index (χ0v) is 9.24. The Labute approximate surface area is 96.0 Å². The van der Waals surface area contributed by atoms with E-state index in [1.165, 1.54) is 41.5 Å². The highest BCUT2D eigenvalue weighted by atomic mass is 14.4. The number of hydrogen-bond acceptors (Lipinski definition) is 0. The summed E-state index contributed by atoms with van der Waals surface area (Å²) in [6.45, 7) is 0. The first-order chi connectivity index (χ1) is 7.95. The first kappa shape index (κ1) is 8.58. The molecule has 0 radical (unpaired) electrons. The van der Waals surface area contributed by atoms with Crippen LogP contribution in [0.3, 0.4) is 0 Å². The lowest BCUT2D eigenvalue weighted by molar-refractivity contribution is 0.575. The predicted octanol–water partition coefficient (Wildman–Crippen LogP) is 4.21. The Kier molecular flexibility index (Phi) is 1.59. The second kappa shape index (κ2) is 2.98. The molecule has 0 bridgehead atoms. The van der Waals surface area contributed by atoms with Gasteiger partial charge < -0.3 is 0 Å². The van der Waals surface area contributed by atoms with Crippen LogP contribution in [-0.4, -0.2) is 0 Å². The minimum atomic E-state index is 0.785. The summed E-state index contributed by atoms with van der Waals surface area (Å²) in [7, 11) is 0. The van der Waals surface area contributed by atoms with Gasteiger partial charge in [-0.15, -0.1) is 0 Å². The van der Waals surface area contributed by atoms with Gasteiger partial charge in [-0.25, -0.2) is 0 Å². The normalized spacial score (nSPS) is 25.2. The lowest BCUT2D eigenvalue weighted by Crippen LogP contribution is -2.10. The first-order valence-electron chi connectivity index (χ1n) is 6.16. The van der Waals surface area contributed by atoms with E-state index in [-0.39, 0.29) is 0 Å². The highest BCUT2D eigenvalue weighted by molar-refractivity contribution is 6.04. The molecule has 0 spiro atoms. The van der Waals surface area contributed by atoms with Gasteiger partial charge in [-0.3, -0.25) is 0 Å². The van der Waals surface area contributed by atoms with Crippen LogP contribution in [0.4, 0.5) is 0 Å². The van der Waals surface area contributed by atoms with Crippen LogP contribution in [-0.2, 0) is 0 Å². The second-order valence-electron chi connectivity index (χ2n) is 4.90. The smallest absolute Gasteiger partial charge is 0.0102 e. The number of allylic oxidation sites excluding steroid dienone is 6. The molecule has 3 aliphatic carbocycles. The van der Waals surface area contributed by atoms with E-state index in [1.807, 2.05) is 0 Å². The molecule has 0 saturated carbocycles. The summed E-state index contributed by atoms with van der Waals surface area (Å²) in [4.78, 5) is 0. The van der Waals surface area contributed by atoms with E-state index in [2.05, 4.69) is 42.5 Å². The predicted molar refractivity (Wildman–Crippen MR) is 67.8 cm³/mol. The minimum Gasteiger partial charge on any atom is -0.0833 e. The van der Waals surface area contributed by atoms with Gasteiger partial charge in [0, 0.05) is 0 Å². The fourth-order valence-corrected chi connectivity index (χ4v) is 3.39. The fraction of sp³-hybridized carbons (Fsp3) is 0.250. The van der Waals surface area contributed by atoms with Crippen molar-refractivity contribution in [3.63, 3.8) is 0 Å². The Morgan fingerprint density at radius 2 is 1.94 bits per heavy atom. The molecule has 0 heterocycles. The highest BCUT2D eigenvalue weighted by Gasteiger charge is 2.32. The molecule has 0 heteroatoms. The van der Waals surface area contributed by atoms with Gasteiger partial charge in [-0.2, -0.15) is 0 Å². The highest BCUT2D eigenvalue weighted by Crippen LogP contribution is 2.51. The zero-order valence-electron chi connectivity index (χ0n) is 9.24. The number of fused-ring (bicyclic) bond motifs is 3. The van der Waals surface area contributed by atoms with Crippen LogP contribution in [0.1, 0.15) is 30.4 Å². The average Bonchev–Trinajstić information content (AvgIpc) is 2.68. The van der Waals surface area contributed by atoms with Gasteiger partial charge in [-0.05, 0) is 53.0 Å². The molecule has 0 aromatic heterocycles. The van der Waals surface area contributed by atoms with Gasteiger partial charge in [-0.1, -0.05) is 42.5 Å². The van der Waals surface area contributed by atoms with Crippen molar-refractivity contribution in [3.05, 3.63) is 59.2 Å². The summed E-state index contributed by atoms with van der Waals surface area (Å²) in [6.07, 6.45) is 11.0. The molecular formula is C16H14. The van der Waals surface area contributed by atoms with Crippen molar-refractivity contribution in [2.24, 2.45) is 5.92 Å². The van der Waals surface area contributed by atoms with Gasteiger partial charge in [0.25, 0.3) is 0 Å². The minimum absolute atomic E-state index is 0.785. The third-order valence-corrected chi connectivity index (χ3v) is 4.06. The third kappa shape index (κ3) is 0.948. The van der Waals surface area contributed by atoms with Crippen LogP contribution >= 0.6 is 0 Å². The summed E-state index contributed by atoms with van der Waals surface area (Å²) in [5.41, 5.74) is 7.58. The van der Waals surface area contributed by atoms with Crippen molar-refractivity contribution in [1.29, 1.82) is 0 Å². The summed E-state index contributed by atoms with van der Waals surface area (Å²) < 4.78 is 0. The van der Waals surface area contributed by atoms with E-state index in [0.717, 1.165) is 5.92 Å². The topological polar surface area (TPSA) is 0 Å². The summed E-state index contributed by atoms with van der Waals surface area (Å²) in [5, 5.41) is 0. The molecule has 3 aliphatic rings. The lowest BCUT2D eigenvalue weighted by atomic mass is 9.79. The summed E-state index contributed by atoms with van der Waals surface area (Å²) in [5.74, 6) is 0.785. The molecule has 1 aromatic carbocycles. The maximum atomic E-state index is 2.44. The molecule has 0 amide bonds. The van der Waals surface area contributed by atoms with Gasteiger partial charge in [0.15, 0.2) is 0 Å². The van der Waals surface area contributed by atoms with Crippen LogP contribution in [0.2, 0.25) is 0 Å². The monoisotopic (exact) mass is 206 g/mol. The Morgan fingerprint density at radius 3 is 2.88 bits per heavy atom. The maximum absolute atomic E-state index is 2.44. The molecule has 0 N–H and O–H groups in total. The van der Waals surface area contributed by atoms with Gasteiger partial charge in [0.2, 0.25) is 0 Å². The third-order valence-electron chi connectivity index (χ3n) is 4.06. The molecule has 78 valence electrons. The van der Waals surface area contributed by atoms with Crippen LogP contribution in [0.5, 0.6) is 0 Å². The van der Waals surface area contributed by atoms with E-state index < -0.39 is 0 Å². The number of rotatable bonds is 0. The van der Waals surface area contributed by atoms with Crippen LogP contribution in [0, 0.1) is 5.92 Å². The summed E-state index contributed by atoms with van der Waals surface area (Å²) in [6, 6.07) is 8.85. The van der Waals surface area contributed by atoms with E-state index in [4.69, 9.17) is 0 Å². The second-order valence-corrected chi connectivity index (χ2v) is 4.90. The summed E-state index contributed by atoms with van der Waals surface area (Å²) >= 11 is 0. The van der Waals surface area contributed by atoms with Crippen molar-refractivity contribution in [2.75, 3.05) is 0 Å². The van der Waals surface area contributed by atoms with Gasteiger partial charge in [0.1, 0.15) is 0 Å². The molecule has 0 nitrogen and oxygen atoms in total. The molecule has 1 unspecified atom stereocenters. The molecule has 16 heavy (non-hydrogen) atoms. The van der Waals surface area contributed by atoms with E-state index >= 15 is 0 Å². The molecule has 1 atom stereocenters. The SMILES string of the molecule is C1=CC2=C3C(=CCCC3C1)c1ccccc12. The van der Waals surface area contributed by atoms with Crippen molar-refractivity contribution in [3.8, 4) is 0 Å². The van der Waals surface area contributed by atoms with Gasteiger partial charge >= 0.3 is 0 Å². The van der Waals surface area contributed by atoms with Crippen LogP contribution < -0.4 is 0 Å². The molecule has 4 rings (SSSR count). The Morgan fingerprint density at radius 1 is 1.06 bits per heavy atom. The standard InChI is InChI=1S/C16H14/c1-2-8-13-12(7-1)14-9-3-5-11-6-4-10-15(13)16(11)14/h1-3,7-11H,4-6H2. The van der Waals surface area contributed by atoms with Crippen molar-refractivity contribution in [1.82, 2.24) is 0 Å². The quantitative estimate of drug-likeness (QED) is 0.596. The average molecular weight is 206 g/mol. The van der Waals surface area contributed by atoms with Gasteiger partial charge in [0.05, 0.1) is 0 Å².